The molecule has 0 spiro atoms. The molecule has 11 nitrogen and oxygen atoms in total. The molecule has 5 rings (SSSR count). The van der Waals surface area contributed by atoms with Crippen LogP contribution in [0.1, 0.15) is 5.69 Å². The number of rotatable bonds is 10. The number of primary amides is 1. The van der Waals surface area contributed by atoms with E-state index < -0.39 is 5.91 Å². The van der Waals surface area contributed by atoms with Crippen LogP contribution in [0.2, 0.25) is 0 Å². The van der Waals surface area contributed by atoms with Gasteiger partial charge in [-0.05, 0) is 24.3 Å². The summed E-state index contributed by atoms with van der Waals surface area (Å²) in [5.41, 5.74) is 8.27. The molecule has 11 heteroatoms. The summed E-state index contributed by atoms with van der Waals surface area (Å²) in [5, 5.41) is 10.8. The summed E-state index contributed by atoms with van der Waals surface area (Å²) in [6.45, 7) is 3.55. The fraction of sp³-hybridized carbons (Fsp3) is 0.360. The highest BCUT2D eigenvalue weighted by Gasteiger charge is 2.23. The number of morpholine rings is 1. The molecule has 1 fully saturated rings. The second kappa shape index (κ2) is 10.9. The summed E-state index contributed by atoms with van der Waals surface area (Å²) >= 11 is 0. The van der Waals surface area contributed by atoms with Gasteiger partial charge in [0.1, 0.15) is 17.9 Å². The average Bonchev–Trinajstić information content (AvgIpc) is 3.25. The van der Waals surface area contributed by atoms with E-state index in [1.165, 1.54) is 0 Å². The maximum Gasteiger partial charge on any atom is 0.243 e. The van der Waals surface area contributed by atoms with Gasteiger partial charge in [0.05, 0.1) is 38.4 Å². The van der Waals surface area contributed by atoms with Crippen LogP contribution in [0.15, 0.2) is 40.8 Å². The number of aromatic hydroxyl groups is 1. The standard InChI is InChI=1S/C25H27N5O6/c26-20(32)15-35-13-12-33-9-6-17-4-5-19-21-22(36-25(19)27-17)24(30-7-10-34-11-8-30)29-23(28-21)16-2-1-3-18(31)14-16/h1-5,14,31H,6-13,15H2,(H2,26,32). The van der Waals surface area contributed by atoms with Gasteiger partial charge in [0.25, 0.3) is 0 Å². The van der Waals surface area contributed by atoms with Crippen LogP contribution in [0.3, 0.4) is 0 Å². The number of pyridine rings is 1. The largest absolute Gasteiger partial charge is 0.508 e. The molecular formula is C25H27N5O6. The van der Waals surface area contributed by atoms with Gasteiger partial charge in [-0.2, -0.15) is 0 Å². The van der Waals surface area contributed by atoms with E-state index in [4.69, 9.17) is 34.3 Å². The van der Waals surface area contributed by atoms with Gasteiger partial charge in [-0.1, -0.05) is 12.1 Å². The Morgan fingerprint density at radius 3 is 2.69 bits per heavy atom. The smallest absolute Gasteiger partial charge is 0.243 e. The fourth-order valence-electron chi connectivity index (χ4n) is 4.02. The average molecular weight is 494 g/mol. The van der Waals surface area contributed by atoms with Crippen molar-refractivity contribution in [2.45, 2.75) is 6.42 Å². The Morgan fingerprint density at radius 2 is 1.89 bits per heavy atom. The highest BCUT2D eigenvalue weighted by atomic mass is 16.5. The third-order valence-corrected chi connectivity index (χ3v) is 5.75. The second-order valence-corrected chi connectivity index (χ2v) is 8.34. The second-order valence-electron chi connectivity index (χ2n) is 8.34. The van der Waals surface area contributed by atoms with Crippen molar-refractivity contribution in [3.8, 4) is 17.1 Å². The number of hydrogen-bond acceptors (Lipinski definition) is 10. The Hall–Kier alpha value is -3.80. The number of fused-ring (bicyclic) bond motifs is 3. The number of phenols is 1. The molecule has 0 radical (unpaired) electrons. The van der Waals surface area contributed by atoms with Gasteiger partial charge >= 0.3 is 0 Å². The van der Waals surface area contributed by atoms with Crippen LogP contribution in [0, 0.1) is 0 Å². The van der Waals surface area contributed by atoms with Gasteiger partial charge in [-0.25, -0.2) is 15.0 Å². The highest BCUT2D eigenvalue weighted by Crippen LogP contribution is 2.35. The molecule has 4 heterocycles. The molecular weight excluding hydrogens is 466 g/mol. The van der Waals surface area contributed by atoms with Gasteiger partial charge in [0, 0.05) is 30.8 Å². The van der Waals surface area contributed by atoms with Crippen molar-refractivity contribution in [3.05, 3.63) is 42.1 Å². The molecule has 1 aliphatic heterocycles. The summed E-state index contributed by atoms with van der Waals surface area (Å²) in [5.74, 6) is 0.821. The maximum atomic E-state index is 10.7. The summed E-state index contributed by atoms with van der Waals surface area (Å²) in [7, 11) is 0. The van der Waals surface area contributed by atoms with Gasteiger partial charge in [-0.15, -0.1) is 0 Å². The highest BCUT2D eigenvalue weighted by molar-refractivity contribution is 6.05. The van der Waals surface area contributed by atoms with Crippen LogP contribution < -0.4 is 10.6 Å². The van der Waals surface area contributed by atoms with E-state index in [1.54, 1.807) is 18.2 Å². The first kappa shape index (κ1) is 23.9. The number of carbonyl (C=O) groups excluding carboxylic acids is 1. The van der Waals surface area contributed by atoms with Crippen LogP contribution in [-0.2, 0) is 25.4 Å². The predicted molar refractivity (Wildman–Crippen MR) is 132 cm³/mol. The SMILES string of the molecule is NC(=O)COCCOCCc1ccc2c(n1)oc1c(N3CCOCC3)nc(-c3cccc(O)c3)nc12. The third-order valence-electron chi connectivity index (χ3n) is 5.75. The zero-order chi connectivity index (χ0) is 24.9. The van der Waals surface area contributed by atoms with Crippen molar-refractivity contribution in [1.82, 2.24) is 15.0 Å². The minimum absolute atomic E-state index is 0.115. The van der Waals surface area contributed by atoms with Gasteiger partial charge in [-0.3, -0.25) is 4.79 Å². The Morgan fingerprint density at radius 1 is 1.06 bits per heavy atom. The molecule has 1 aliphatic rings. The summed E-state index contributed by atoms with van der Waals surface area (Å²) < 4.78 is 22.4. The lowest BCUT2D eigenvalue weighted by molar-refractivity contribution is -0.123. The third kappa shape index (κ3) is 5.38. The van der Waals surface area contributed by atoms with E-state index in [0.717, 1.165) is 11.1 Å². The van der Waals surface area contributed by atoms with Crippen molar-refractivity contribution < 1.29 is 28.5 Å². The Balaban J connectivity index is 1.42. The number of amides is 1. The first-order valence-corrected chi connectivity index (χ1v) is 11.7. The molecule has 188 valence electrons. The fourth-order valence-corrected chi connectivity index (χ4v) is 4.02. The van der Waals surface area contributed by atoms with E-state index >= 15 is 0 Å². The lowest BCUT2D eigenvalue weighted by atomic mass is 10.2. The molecule has 0 saturated carbocycles. The predicted octanol–water partition coefficient (Wildman–Crippen LogP) is 2.04. The number of anilines is 1. The number of benzene rings is 1. The summed E-state index contributed by atoms with van der Waals surface area (Å²) in [4.78, 5) is 27.1. The molecule has 0 unspecified atom stereocenters. The van der Waals surface area contributed by atoms with E-state index in [-0.39, 0.29) is 12.4 Å². The molecule has 0 aliphatic carbocycles. The topological polar surface area (TPSA) is 146 Å². The van der Waals surface area contributed by atoms with Gasteiger partial charge in [0.15, 0.2) is 17.2 Å². The number of carbonyl (C=O) groups is 1. The van der Waals surface area contributed by atoms with E-state index in [1.807, 2.05) is 18.2 Å². The van der Waals surface area contributed by atoms with Crippen molar-refractivity contribution in [2.75, 3.05) is 57.6 Å². The first-order valence-electron chi connectivity index (χ1n) is 11.7. The lowest BCUT2D eigenvalue weighted by Gasteiger charge is -2.27. The van der Waals surface area contributed by atoms with E-state index in [0.29, 0.717) is 86.6 Å². The first-order chi connectivity index (χ1) is 17.6. The zero-order valence-electron chi connectivity index (χ0n) is 19.7. The van der Waals surface area contributed by atoms with Crippen LogP contribution in [0.4, 0.5) is 5.82 Å². The van der Waals surface area contributed by atoms with Gasteiger partial charge in [0.2, 0.25) is 11.6 Å². The molecule has 0 bridgehead atoms. The summed E-state index contributed by atoms with van der Waals surface area (Å²) in [6.07, 6.45) is 0.583. The molecule has 3 N–H and O–H groups in total. The lowest BCUT2D eigenvalue weighted by Crippen LogP contribution is -2.37. The summed E-state index contributed by atoms with van der Waals surface area (Å²) in [6, 6.07) is 10.8. The van der Waals surface area contributed by atoms with Crippen LogP contribution in [0.5, 0.6) is 5.75 Å². The zero-order valence-corrected chi connectivity index (χ0v) is 19.7. The van der Waals surface area contributed by atoms with Crippen molar-refractivity contribution in [1.29, 1.82) is 0 Å². The number of nitrogens with two attached hydrogens (primary N) is 1. The molecule has 1 saturated heterocycles. The van der Waals surface area contributed by atoms with Crippen LogP contribution >= 0.6 is 0 Å². The van der Waals surface area contributed by atoms with Crippen molar-refractivity contribution in [2.24, 2.45) is 5.73 Å². The van der Waals surface area contributed by atoms with Crippen molar-refractivity contribution in [3.63, 3.8) is 0 Å². The Labute approximate surface area is 206 Å². The van der Waals surface area contributed by atoms with Crippen LogP contribution in [0.25, 0.3) is 33.6 Å². The minimum atomic E-state index is -0.506. The van der Waals surface area contributed by atoms with Crippen LogP contribution in [-0.4, -0.2) is 78.7 Å². The number of hydrogen-bond donors (Lipinski definition) is 2. The Bertz CT molecular complexity index is 1370. The molecule has 3 aromatic heterocycles. The number of furan rings is 1. The number of phenolic OH excluding ortho intramolecular Hbond substituents is 1. The molecule has 4 aromatic rings. The number of nitrogens with zero attached hydrogens (tertiary/aromatic N) is 4. The van der Waals surface area contributed by atoms with Crippen molar-refractivity contribution >= 4 is 33.9 Å². The quantitative estimate of drug-likeness (QED) is 0.315. The Kier molecular flexibility index (Phi) is 7.21. The maximum absolute atomic E-state index is 10.7. The number of aromatic nitrogens is 3. The minimum Gasteiger partial charge on any atom is -0.508 e. The number of ether oxygens (including phenoxy) is 3. The molecule has 1 aromatic carbocycles. The normalized spacial score (nSPS) is 14.1. The molecule has 0 atom stereocenters. The van der Waals surface area contributed by atoms with Gasteiger partial charge < -0.3 is 34.4 Å². The molecule has 36 heavy (non-hydrogen) atoms. The monoisotopic (exact) mass is 493 g/mol. The van der Waals surface area contributed by atoms with E-state index in [9.17, 15) is 9.90 Å². The van der Waals surface area contributed by atoms with E-state index in [2.05, 4.69) is 9.88 Å². The molecule has 1 amide bonds.